The third-order valence-corrected chi connectivity index (χ3v) is 6.12. The van der Waals surface area contributed by atoms with Crippen molar-refractivity contribution in [3.8, 4) is 0 Å². The van der Waals surface area contributed by atoms with Gasteiger partial charge in [0.15, 0.2) is 5.16 Å². The van der Waals surface area contributed by atoms with E-state index in [0.717, 1.165) is 20.7 Å². The van der Waals surface area contributed by atoms with Gasteiger partial charge in [-0.3, -0.25) is 9.59 Å². The second kappa shape index (κ2) is 8.15. The number of hydrogen-bond acceptors (Lipinski definition) is 7. The molecule has 146 valence electrons. The van der Waals surface area contributed by atoms with E-state index in [0.29, 0.717) is 22.2 Å². The van der Waals surface area contributed by atoms with Crippen LogP contribution in [0.2, 0.25) is 0 Å². The average Bonchev–Trinajstić information content (AvgIpc) is 2.94. The van der Waals surface area contributed by atoms with Gasteiger partial charge in [0.05, 0.1) is 11.1 Å². The van der Waals surface area contributed by atoms with Crippen molar-refractivity contribution in [1.82, 2.24) is 14.9 Å². The highest BCUT2D eigenvalue weighted by Crippen LogP contribution is 2.33. The maximum Gasteiger partial charge on any atom is 0.253 e. The summed E-state index contributed by atoms with van der Waals surface area (Å²) in [5.74, 6) is 0.245. The molecule has 0 aliphatic heterocycles. The van der Waals surface area contributed by atoms with E-state index in [1.807, 2.05) is 13.8 Å². The molecule has 0 atom stereocenters. The van der Waals surface area contributed by atoms with Crippen molar-refractivity contribution in [2.75, 3.05) is 30.9 Å². The lowest BCUT2D eigenvalue weighted by Gasteiger charge is -2.11. The van der Waals surface area contributed by atoms with E-state index >= 15 is 0 Å². The number of aromatic nitrogens is 2. The maximum absolute atomic E-state index is 12.3. The maximum atomic E-state index is 12.3. The number of benzene rings is 1. The van der Waals surface area contributed by atoms with Crippen molar-refractivity contribution < 1.29 is 9.59 Å². The van der Waals surface area contributed by atoms with Crippen LogP contribution >= 0.6 is 23.1 Å². The SMILES string of the molecule is Cc1sc2nc(SCC(=O)Nc3cccc(C(=O)N(C)C)c3)nc(N)c2c1C. The first kappa shape index (κ1) is 20.1. The Hall–Kier alpha value is -2.65. The summed E-state index contributed by atoms with van der Waals surface area (Å²) in [6, 6.07) is 6.84. The van der Waals surface area contributed by atoms with Gasteiger partial charge in [0.1, 0.15) is 10.6 Å². The minimum Gasteiger partial charge on any atom is -0.383 e. The molecule has 0 spiro atoms. The van der Waals surface area contributed by atoms with Crippen molar-refractivity contribution >= 4 is 56.6 Å². The lowest BCUT2D eigenvalue weighted by Crippen LogP contribution is -2.22. The van der Waals surface area contributed by atoms with Gasteiger partial charge in [0.2, 0.25) is 5.91 Å². The molecular weight excluding hydrogens is 394 g/mol. The lowest BCUT2D eigenvalue weighted by molar-refractivity contribution is -0.113. The summed E-state index contributed by atoms with van der Waals surface area (Å²) in [5, 5.41) is 4.15. The molecular formula is C19H21N5O2S2. The van der Waals surface area contributed by atoms with E-state index in [4.69, 9.17) is 5.73 Å². The number of thioether (sulfide) groups is 1. The van der Waals surface area contributed by atoms with Crippen LogP contribution in [0.15, 0.2) is 29.4 Å². The summed E-state index contributed by atoms with van der Waals surface area (Å²) in [6.07, 6.45) is 0. The third-order valence-electron chi connectivity index (χ3n) is 4.17. The normalized spacial score (nSPS) is 10.9. The zero-order chi connectivity index (χ0) is 20.4. The van der Waals surface area contributed by atoms with Crippen molar-refractivity contribution in [3.05, 3.63) is 40.3 Å². The summed E-state index contributed by atoms with van der Waals surface area (Å²) in [5.41, 5.74) is 8.26. The van der Waals surface area contributed by atoms with Gasteiger partial charge < -0.3 is 16.0 Å². The largest absolute Gasteiger partial charge is 0.383 e. The van der Waals surface area contributed by atoms with E-state index in [9.17, 15) is 9.59 Å². The number of anilines is 2. The van der Waals surface area contributed by atoms with Gasteiger partial charge in [0.25, 0.3) is 5.91 Å². The number of nitrogens with zero attached hydrogens (tertiary/aromatic N) is 3. The Kier molecular flexibility index (Phi) is 5.85. The molecule has 2 aromatic heterocycles. The van der Waals surface area contributed by atoms with Crippen molar-refractivity contribution in [2.45, 2.75) is 19.0 Å². The molecule has 9 heteroatoms. The highest BCUT2D eigenvalue weighted by atomic mass is 32.2. The van der Waals surface area contributed by atoms with Crippen LogP contribution in [0.25, 0.3) is 10.2 Å². The number of rotatable bonds is 5. The van der Waals surface area contributed by atoms with E-state index in [2.05, 4.69) is 15.3 Å². The number of amides is 2. The monoisotopic (exact) mass is 415 g/mol. The van der Waals surface area contributed by atoms with Gasteiger partial charge in [-0.05, 0) is 37.6 Å². The first-order chi connectivity index (χ1) is 13.3. The molecule has 0 unspecified atom stereocenters. The Morgan fingerprint density at radius 2 is 2.00 bits per heavy atom. The fourth-order valence-electron chi connectivity index (χ4n) is 2.64. The van der Waals surface area contributed by atoms with Crippen LogP contribution in [0, 0.1) is 13.8 Å². The fraction of sp³-hybridized carbons (Fsp3) is 0.263. The molecule has 7 nitrogen and oxygen atoms in total. The molecule has 1 aromatic carbocycles. The van der Waals surface area contributed by atoms with Crippen LogP contribution in [-0.4, -0.2) is 46.5 Å². The molecule has 0 fully saturated rings. The van der Waals surface area contributed by atoms with Crippen LogP contribution in [0.4, 0.5) is 11.5 Å². The van der Waals surface area contributed by atoms with Crippen molar-refractivity contribution in [2.24, 2.45) is 0 Å². The second-order valence-corrected chi connectivity index (χ2v) is 8.62. The number of nitrogens with one attached hydrogen (secondary N) is 1. The molecule has 0 aliphatic rings. The van der Waals surface area contributed by atoms with Crippen LogP contribution < -0.4 is 11.1 Å². The van der Waals surface area contributed by atoms with Gasteiger partial charge in [-0.2, -0.15) is 0 Å². The summed E-state index contributed by atoms with van der Waals surface area (Å²) < 4.78 is 0. The topological polar surface area (TPSA) is 101 Å². The van der Waals surface area contributed by atoms with Crippen LogP contribution in [0.5, 0.6) is 0 Å². The molecule has 3 N–H and O–H groups in total. The van der Waals surface area contributed by atoms with Crippen LogP contribution in [0.1, 0.15) is 20.8 Å². The van der Waals surface area contributed by atoms with Crippen molar-refractivity contribution in [3.63, 3.8) is 0 Å². The predicted octanol–water partition coefficient (Wildman–Crippen LogP) is 3.32. The lowest BCUT2D eigenvalue weighted by atomic mass is 10.2. The number of aryl methyl sites for hydroxylation is 2. The van der Waals surface area contributed by atoms with Gasteiger partial charge >= 0.3 is 0 Å². The molecule has 0 saturated heterocycles. The highest BCUT2D eigenvalue weighted by Gasteiger charge is 2.14. The Labute approximate surface area is 171 Å². The fourth-order valence-corrected chi connectivity index (χ4v) is 4.39. The van der Waals surface area contributed by atoms with Gasteiger partial charge in [-0.15, -0.1) is 11.3 Å². The highest BCUT2D eigenvalue weighted by molar-refractivity contribution is 7.99. The second-order valence-electron chi connectivity index (χ2n) is 6.47. The van der Waals surface area contributed by atoms with E-state index in [1.165, 1.54) is 16.7 Å². The molecule has 0 bridgehead atoms. The molecule has 2 heterocycles. The number of carbonyl (C=O) groups excluding carboxylic acids is 2. The minimum atomic E-state index is -0.208. The zero-order valence-electron chi connectivity index (χ0n) is 16.1. The molecule has 0 aliphatic carbocycles. The van der Waals surface area contributed by atoms with Crippen LogP contribution in [-0.2, 0) is 4.79 Å². The number of fused-ring (bicyclic) bond motifs is 1. The molecule has 2 amide bonds. The minimum absolute atomic E-state index is 0.121. The number of nitrogen functional groups attached to an aromatic ring is 1. The van der Waals surface area contributed by atoms with E-state index in [1.54, 1.807) is 49.7 Å². The Morgan fingerprint density at radius 3 is 2.71 bits per heavy atom. The number of carbonyl (C=O) groups is 2. The smallest absolute Gasteiger partial charge is 0.253 e. The van der Waals surface area contributed by atoms with Gasteiger partial charge in [-0.25, -0.2) is 9.97 Å². The standard InChI is InChI=1S/C19H21N5O2S2/c1-10-11(2)28-17-15(10)16(20)22-19(23-17)27-9-14(25)21-13-7-5-6-12(8-13)18(26)24(3)4/h5-8H,9H2,1-4H3,(H,21,25)(H2,20,22,23). The first-order valence-corrected chi connectivity index (χ1v) is 10.3. The molecule has 3 aromatic rings. The average molecular weight is 416 g/mol. The summed E-state index contributed by atoms with van der Waals surface area (Å²) >= 11 is 2.79. The molecule has 28 heavy (non-hydrogen) atoms. The number of hydrogen-bond donors (Lipinski definition) is 2. The first-order valence-electron chi connectivity index (χ1n) is 8.54. The summed E-state index contributed by atoms with van der Waals surface area (Å²) in [7, 11) is 3.37. The van der Waals surface area contributed by atoms with Gasteiger partial charge in [0, 0.05) is 30.2 Å². The quantitative estimate of drug-likeness (QED) is 0.490. The van der Waals surface area contributed by atoms with Crippen molar-refractivity contribution in [1.29, 1.82) is 0 Å². The Bertz CT molecular complexity index is 1060. The Morgan fingerprint density at radius 1 is 1.25 bits per heavy atom. The van der Waals surface area contributed by atoms with Crippen LogP contribution in [0.3, 0.4) is 0 Å². The van der Waals surface area contributed by atoms with E-state index < -0.39 is 0 Å². The summed E-state index contributed by atoms with van der Waals surface area (Å²) in [4.78, 5) is 36.6. The summed E-state index contributed by atoms with van der Waals surface area (Å²) in [6.45, 7) is 4.03. The number of nitrogens with two attached hydrogens (primary N) is 1. The Balaban J connectivity index is 1.67. The van der Waals surface area contributed by atoms with E-state index in [-0.39, 0.29) is 17.6 Å². The zero-order valence-corrected chi connectivity index (χ0v) is 17.7. The molecule has 0 radical (unpaired) electrons. The number of thiophene rings is 1. The predicted molar refractivity (Wildman–Crippen MR) is 115 cm³/mol. The third kappa shape index (κ3) is 4.26. The van der Waals surface area contributed by atoms with Gasteiger partial charge in [-0.1, -0.05) is 17.8 Å². The molecule has 0 saturated carbocycles. The molecule has 3 rings (SSSR count).